The van der Waals surface area contributed by atoms with Gasteiger partial charge >= 0.3 is 5.97 Å². The smallest absolute Gasteiger partial charge is 0.335 e. The van der Waals surface area contributed by atoms with Gasteiger partial charge < -0.3 is 9.84 Å². The topological polar surface area (TPSA) is 49.8 Å². The Bertz CT molecular complexity index is 583. The molecular weight excluding hydrogens is 278 g/mol. The lowest BCUT2D eigenvalue weighted by atomic mass is 9.65. The molecule has 1 N–H and O–H groups in total. The Labute approximate surface area is 132 Å². The average Bonchev–Trinajstić information content (AvgIpc) is 2.65. The van der Waals surface area contributed by atoms with Gasteiger partial charge in [0.1, 0.15) is 12.5 Å². The van der Waals surface area contributed by atoms with Crippen molar-refractivity contribution in [1.29, 1.82) is 0 Å². The van der Waals surface area contributed by atoms with E-state index in [9.17, 15) is 4.79 Å². The minimum absolute atomic E-state index is 0.269. The molecule has 120 valence electrons. The number of likely N-dealkylation sites (tertiary alicyclic amines) is 1. The predicted molar refractivity (Wildman–Crippen MR) is 85.1 cm³/mol. The van der Waals surface area contributed by atoms with Gasteiger partial charge in [-0.1, -0.05) is 26.8 Å². The number of hydrogen-bond acceptors (Lipinski definition) is 3. The summed E-state index contributed by atoms with van der Waals surface area (Å²) in [6.45, 7) is 8.71. The van der Waals surface area contributed by atoms with Crippen molar-refractivity contribution in [3.8, 4) is 5.75 Å². The molecule has 4 nitrogen and oxygen atoms in total. The van der Waals surface area contributed by atoms with Crippen LogP contribution in [-0.2, 0) is 0 Å². The highest BCUT2D eigenvalue weighted by Gasteiger charge is 2.49. The van der Waals surface area contributed by atoms with Crippen LogP contribution in [0.5, 0.6) is 5.75 Å². The first kappa shape index (κ1) is 15.3. The second kappa shape index (κ2) is 5.27. The van der Waals surface area contributed by atoms with Crippen molar-refractivity contribution < 1.29 is 14.6 Å². The summed E-state index contributed by atoms with van der Waals surface area (Å²) >= 11 is 0. The van der Waals surface area contributed by atoms with E-state index in [0.717, 1.165) is 6.54 Å². The third kappa shape index (κ3) is 3.12. The molecule has 22 heavy (non-hydrogen) atoms. The third-order valence-electron chi connectivity index (χ3n) is 5.00. The number of nitrogens with zero attached hydrogens (tertiary/aromatic N) is 1. The van der Waals surface area contributed by atoms with Gasteiger partial charge in [-0.25, -0.2) is 4.79 Å². The van der Waals surface area contributed by atoms with E-state index in [-0.39, 0.29) is 5.56 Å². The molecule has 2 aliphatic rings. The van der Waals surface area contributed by atoms with Gasteiger partial charge in [0.05, 0.1) is 5.56 Å². The molecule has 0 amide bonds. The van der Waals surface area contributed by atoms with E-state index < -0.39 is 5.97 Å². The second-order valence-corrected chi connectivity index (χ2v) is 8.07. The summed E-state index contributed by atoms with van der Waals surface area (Å²) in [5.41, 5.74) is 1.06. The zero-order valence-electron chi connectivity index (χ0n) is 13.6. The quantitative estimate of drug-likeness (QED) is 0.923. The maximum Gasteiger partial charge on any atom is 0.335 e. The molecule has 4 heteroatoms. The van der Waals surface area contributed by atoms with Crippen LogP contribution in [0.3, 0.4) is 0 Å². The summed E-state index contributed by atoms with van der Waals surface area (Å²) < 4.78 is 5.86. The molecule has 2 bridgehead atoms. The first-order chi connectivity index (χ1) is 10.3. The molecule has 0 spiro atoms. The van der Waals surface area contributed by atoms with E-state index in [1.807, 2.05) is 6.07 Å². The van der Waals surface area contributed by atoms with E-state index in [0.29, 0.717) is 29.4 Å². The van der Waals surface area contributed by atoms with Crippen LogP contribution in [-0.4, -0.2) is 35.3 Å². The normalized spacial score (nSPS) is 30.2. The lowest BCUT2D eigenvalue weighted by molar-refractivity contribution is 0.0694. The molecule has 0 aromatic heterocycles. The molecule has 2 atom stereocenters. The SMILES string of the molecule is CC1(C)CC2CC(C)(CN2COc2cccc(C(=O)O)c2)C1. The molecule has 2 unspecified atom stereocenters. The van der Waals surface area contributed by atoms with Crippen LogP contribution in [0, 0.1) is 10.8 Å². The molecule has 1 aliphatic heterocycles. The standard InChI is InChI=1S/C18H25NO3/c1-17(2)8-14-9-18(3,10-17)11-19(14)12-22-15-6-4-5-13(7-15)16(20)21/h4-7,14H,8-12H2,1-3H3,(H,20,21). The molecule has 3 rings (SSSR count). The number of benzene rings is 1. The van der Waals surface area contributed by atoms with Crippen molar-refractivity contribution in [3.05, 3.63) is 29.8 Å². The monoisotopic (exact) mass is 303 g/mol. The van der Waals surface area contributed by atoms with Gasteiger partial charge in [0.25, 0.3) is 0 Å². The van der Waals surface area contributed by atoms with Crippen molar-refractivity contribution in [1.82, 2.24) is 4.90 Å². The van der Waals surface area contributed by atoms with Crippen LogP contribution >= 0.6 is 0 Å². The Kier molecular flexibility index (Phi) is 3.68. The van der Waals surface area contributed by atoms with Crippen LogP contribution in [0.2, 0.25) is 0 Å². The molecule has 0 radical (unpaired) electrons. The number of ether oxygens (including phenoxy) is 1. The highest BCUT2D eigenvalue weighted by atomic mass is 16.5. The largest absolute Gasteiger partial charge is 0.478 e. The van der Waals surface area contributed by atoms with Gasteiger partial charge in [0.15, 0.2) is 0 Å². The van der Waals surface area contributed by atoms with E-state index in [1.165, 1.54) is 19.3 Å². The molecule has 2 fully saturated rings. The van der Waals surface area contributed by atoms with Crippen LogP contribution < -0.4 is 4.74 Å². The Morgan fingerprint density at radius 1 is 1.36 bits per heavy atom. The predicted octanol–water partition coefficient (Wildman–Crippen LogP) is 3.62. The Morgan fingerprint density at radius 3 is 2.86 bits per heavy atom. The number of carboxylic acid groups (broad SMARTS) is 1. The number of fused-ring (bicyclic) bond motifs is 2. The molecule has 1 aromatic carbocycles. The van der Waals surface area contributed by atoms with Gasteiger partial charge in [0.2, 0.25) is 0 Å². The fourth-order valence-corrected chi connectivity index (χ4v) is 4.60. The molecule has 1 heterocycles. The number of rotatable bonds is 4. The van der Waals surface area contributed by atoms with Crippen LogP contribution in [0.15, 0.2) is 24.3 Å². The summed E-state index contributed by atoms with van der Waals surface area (Å²) in [5, 5.41) is 9.04. The maximum absolute atomic E-state index is 11.0. The minimum Gasteiger partial charge on any atom is -0.478 e. The molecule has 1 saturated heterocycles. The summed E-state index contributed by atoms with van der Waals surface area (Å²) in [6.07, 6.45) is 3.72. The summed E-state index contributed by atoms with van der Waals surface area (Å²) in [6, 6.07) is 7.31. The number of carbonyl (C=O) groups is 1. The first-order valence-corrected chi connectivity index (χ1v) is 7.97. The first-order valence-electron chi connectivity index (χ1n) is 7.97. The third-order valence-corrected chi connectivity index (χ3v) is 5.00. The van der Waals surface area contributed by atoms with E-state index in [4.69, 9.17) is 9.84 Å². The number of hydrogen-bond donors (Lipinski definition) is 1. The van der Waals surface area contributed by atoms with Crippen LogP contribution in [0.4, 0.5) is 0 Å². The van der Waals surface area contributed by atoms with Gasteiger partial charge in [-0.2, -0.15) is 0 Å². The Hall–Kier alpha value is -1.55. The Balaban J connectivity index is 1.65. The van der Waals surface area contributed by atoms with E-state index in [1.54, 1.807) is 18.2 Å². The summed E-state index contributed by atoms with van der Waals surface area (Å²) in [5.74, 6) is -0.289. The second-order valence-electron chi connectivity index (χ2n) is 8.07. The van der Waals surface area contributed by atoms with Crippen molar-refractivity contribution in [3.63, 3.8) is 0 Å². The minimum atomic E-state index is -0.920. The number of aromatic carboxylic acids is 1. The highest BCUT2D eigenvalue weighted by Crippen LogP contribution is 2.52. The number of carboxylic acids is 1. The molecular formula is C18H25NO3. The molecule has 1 aliphatic carbocycles. The molecule has 1 aromatic rings. The van der Waals surface area contributed by atoms with Gasteiger partial charge in [0, 0.05) is 12.6 Å². The molecule has 1 saturated carbocycles. The van der Waals surface area contributed by atoms with Crippen molar-refractivity contribution in [2.75, 3.05) is 13.3 Å². The van der Waals surface area contributed by atoms with Crippen molar-refractivity contribution in [2.45, 2.75) is 46.1 Å². The van der Waals surface area contributed by atoms with Gasteiger partial charge in [-0.3, -0.25) is 4.90 Å². The average molecular weight is 303 g/mol. The zero-order valence-corrected chi connectivity index (χ0v) is 13.6. The summed E-state index contributed by atoms with van der Waals surface area (Å²) in [7, 11) is 0. The van der Waals surface area contributed by atoms with Crippen LogP contribution in [0.1, 0.15) is 50.4 Å². The fourth-order valence-electron chi connectivity index (χ4n) is 4.60. The lowest BCUT2D eigenvalue weighted by Gasteiger charge is -2.39. The van der Waals surface area contributed by atoms with Gasteiger partial charge in [-0.15, -0.1) is 0 Å². The zero-order chi connectivity index (χ0) is 16.0. The van der Waals surface area contributed by atoms with E-state index in [2.05, 4.69) is 25.7 Å². The summed E-state index contributed by atoms with van der Waals surface area (Å²) in [4.78, 5) is 13.4. The van der Waals surface area contributed by atoms with Crippen molar-refractivity contribution in [2.24, 2.45) is 10.8 Å². The van der Waals surface area contributed by atoms with Crippen molar-refractivity contribution >= 4 is 5.97 Å². The fraction of sp³-hybridized carbons (Fsp3) is 0.611. The Morgan fingerprint density at radius 2 is 2.14 bits per heavy atom. The maximum atomic E-state index is 11.0. The van der Waals surface area contributed by atoms with E-state index >= 15 is 0 Å². The lowest BCUT2D eigenvalue weighted by Crippen LogP contribution is -2.36. The van der Waals surface area contributed by atoms with Gasteiger partial charge in [-0.05, 0) is 48.3 Å². The highest BCUT2D eigenvalue weighted by molar-refractivity contribution is 5.87. The van der Waals surface area contributed by atoms with Crippen LogP contribution in [0.25, 0.3) is 0 Å².